The molecular weight excluding hydrogens is 230 g/mol. The molecule has 1 aromatic carbocycles. The Kier molecular flexibility index (Phi) is 3.68. The smallest absolute Gasteiger partial charge is 0.305 e. The summed E-state index contributed by atoms with van der Waals surface area (Å²) in [4.78, 5) is 12.7. The maximum atomic E-state index is 10.7. The number of aliphatic carboxylic acids is 1. The molecule has 0 aromatic heterocycles. The van der Waals surface area contributed by atoms with E-state index in [4.69, 9.17) is 10.4 Å². The first-order valence-corrected chi connectivity index (χ1v) is 5.95. The highest BCUT2D eigenvalue weighted by Crippen LogP contribution is 2.29. The molecule has 0 unspecified atom stereocenters. The zero-order valence-corrected chi connectivity index (χ0v) is 10.0. The van der Waals surface area contributed by atoms with E-state index in [1.54, 1.807) is 6.07 Å². The van der Waals surface area contributed by atoms with Crippen molar-refractivity contribution in [1.82, 2.24) is 0 Å². The van der Waals surface area contributed by atoms with Crippen LogP contribution in [0.1, 0.15) is 18.4 Å². The van der Waals surface area contributed by atoms with Crippen molar-refractivity contribution < 1.29 is 9.90 Å². The fourth-order valence-electron chi connectivity index (χ4n) is 2.10. The molecule has 1 aromatic rings. The fourth-order valence-corrected chi connectivity index (χ4v) is 2.10. The van der Waals surface area contributed by atoms with E-state index in [0.29, 0.717) is 12.1 Å². The molecule has 5 heteroatoms. The van der Waals surface area contributed by atoms with Gasteiger partial charge in [-0.3, -0.25) is 4.79 Å². The maximum absolute atomic E-state index is 10.7. The molecule has 0 radical (unpaired) electrons. The van der Waals surface area contributed by atoms with Crippen LogP contribution in [0.25, 0.3) is 0 Å². The van der Waals surface area contributed by atoms with Crippen molar-refractivity contribution in [3.8, 4) is 6.07 Å². The molecule has 0 fully saturated rings. The highest BCUT2D eigenvalue weighted by atomic mass is 16.4. The number of benzene rings is 1. The minimum Gasteiger partial charge on any atom is -0.481 e. The summed E-state index contributed by atoms with van der Waals surface area (Å²) in [6.45, 7) is 2.17. The Balaban J connectivity index is 2.24. The lowest BCUT2D eigenvalue weighted by molar-refractivity contribution is -0.136. The van der Waals surface area contributed by atoms with Crippen molar-refractivity contribution in [2.75, 3.05) is 29.9 Å². The standard InChI is InChI=1S/C13H15N3O2/c14-9-10-2-3-12-11(8-10)15-5-1-6-16(12)7-4-13(17)18/h2-3,8,15H,1,4-7H2,(H,17,18). The molecule has 0 saturated heterocycles. The zero-order chi connectivity index (χ0) is 13.0. The van der Waals surface area contributed by atoms with E-state index in [1.165, 1.54) is 0 Å². The average Bonchev–Trinajstić information content (AvgIpc) is 2.57. The van der Waals surface area contributed by atoms with Crippen LogP contribution in [0.3, 0.4) is 0 Å². The predicted octanol–water partition coefficient (Wildman–Crippen LogP) is 1.65. The second-order valence-electron chi connectivity index (χ2n) is 4.25. The predicted molar refractivity (Wildman–Crippen MR) is 68.7 cm³/mol. The summed E-state index contributed by atoms with van der Waals surface area (Å²) in [5, 5.41) is 20.9. The number of carboxylic acids is 1. The highest BCUT2D eigenvalue weighted by Gasteiger charge is 2.16. The first kappa shape index (κ1) is 12.2. The topological polar surface area (TPSA) is 76.4 Å². The normalized spacial score (nSPS) is 14.1. The van der Waals surface area contributed by atoms with E-state index < -0.39 is 5.97 Å². The Hall–Kier alpha value is -2.22. The average molecular weight is 245 g/mol. The number of rotatable bonds is 3. The summed E-state index contributed by atoms with van der Waals surface area (Å²) < 4.78 is 0. The fraction of sp³-hybridized carbons (Fsp3) is 0.385. The Morgan fingerprint density at radius 3 is 3.11 bits per heavy atom. The number of hydrogen-bond donors (Lipinski definition) is 2. The minimum absolute atomic E-state index is 0.124. The van der Waals surface area contributed by atoms with Crippen molar-refractivity contribution in [3.05, 3.63) is 23.8 Å². The van der Waals surface area contributed by atoms with Crippen LogP contribution in [0.2, 0.25) is 0 Å². The molecule has 2 N–H and O–H groups in total. The van der Waals surface area contributed by atoms with Crippen LogP contribution in [0.5, 0.6) is 0 Å². The van der Waals surface area contributed by atoms with Gasteiger partial charge in [-0.05, 0) is 24.6 Å². The molecule has 1 heterocycles. The molecule has 0 aliphatic carbocycles. The molecule has 2 rings (SSSR count). The van der Waals surface area contributed by atoms with Gasteiger partial charge in [0.25, 0.3) is 0 Å². The Morgan fingerprint density at radius 1 is 1.56 bits per heavy atom. The van der Waals surface area contributed by atoms with Gasteiger partial charge in [0, 0.05) is 19.6 Å². The third kappa shape index (κ3) is 2.72. The van der Waals surface area contributed by atoms with Crippen molar-refractivity contribution in [2.24, 2.45) is 0 Å². The van der Waals surface area contributed by atoms with Gasteiger partial charge in [-0.2, -0.15) is 5.26 Å². The second-order valence-corrected chi connectivity index (χ2v) is 4.25. The van der Waals surface area contributed by atoms with Gasteiger partial charge in [-0.1, -0.05) is 0 Å². The van der Waals surface area contributed by atoms with Crippen LogP contribution in [0.4, 0.5) is 11.4 Å². The Bertz CT molecular complexity index is 493. The summed E-state index contributed by atoms with van der Waals surface area (Å²) in [5.74, 6) is -0.789. The van der Waals surface area contributed by atoms with Crippen LogP contribution < -0.4 is 10.2 Å². The molecule has 0 bridgehead atoms. The molecule has 0 spiro atoms. The van der Waals surface area contributed by atoms with Gasteiger partial charge in [-0.15, -0.1) is 0 Å². The van der Waals surface area contributed by atoms with E-state index in [1.807, 2.05) is 12.1 Å². The first-order valence-electron chi connectivity index (χ1n) is 5.95. The van der Waals surface area contributed by atoms with Crippen LogP contribution >= 0.6 is 0 Å². The number of nitrogens with zero attached hydrogens (tertiary/aromatic N) is 2. The first-order chi connectivity index (χ1) is 8.70. The number of anilines is 2. The number of nitrogens with one attached hydrogen (secondary N) is 1. The van der Waals surface area contributed by atoms with Crippen LogP contribution in [-0.2, 0) is 4.79 Å². The van der Waals surface area contributed by atoms with Gasteiger partial charge >= 0.3 is 5.97 Å². The monoisotopic (exact) mass is 245 g/mol. The molecule has 0 atom stereocenters. The summed E-state index contributed by atoms with van der Waals surface area (Å²) in [7, 11) is 0. The van der Waals surface area contributed by atoms with E-state index >= 15 is 0 Å². The summed E-state index contributed by atoms with van der Waals surface area (Å²) in [6.07, 6.45) is 1.08. The van der Waals surface area contributed by atoms with Gasteiger partial charge in [0.1, 0.15) is 0 Å². The van der Waals surface area contributed by atoms with Gasteiger partial charge < -0.3 is 15.3 Å². The number of hydrogen-bond acceptors (Lipinski definition) is 4. The lowest BCUT2D eigenvalue weighted by Crippen LogP contribution is -2.26. The Labute approximate surface area is 106 Å². The third-order valence-electron chi connectivity index (χ3n) is 2.98. The van der Waals surface area contributed by atoms with E-state index in [2.05, 4.69) is 16.3 Å². The molecule has 94 valence electrons. The van der Waals surface area contributed by atoms with E-state index in [0.717, 1.165) is 30.9 Å². The molecule has 0 saturated carbocycles. The summed E-state index contributed by atoms with van der Waals surface area (Å²) in [6, 6.07) is 7.57. The van der Waals surface area contributed by atoms with Crippen molar-refractivity contribution in [1.29, 1.82) is 5.26 Å². The third-order valence-corrected chi connectivity index (χ3v) is 2.98. The maximum Gasteiger partial charge on any atom is 0.305 e. The molecule has 5 nitrogen and oxygen atoms in total. The second kappa shape index (κ2) is 5.41. The van der Waals surface area contributed by atoms with Gasteiger partial charge in [0.2, 0.25) is 0 Å². The lowest BCUT2D eigenvalue weighted by atomic mass is 10.1. The highest BCUT2D eigenvalue weighted by molar-refractivity contribution is 5.74. The van der Waals surface area contributed by atoms with Crippen molar-refractivity contribution in [3.63, 3.8) is 0 Å². The SMILES string of the molecule is N#Cc1ccc2c(c1)NCCCN2CCC(=O)O. The number of nitriles is 1. The summed E-state index contributed by atoms with van der Waals surface area (Å²) in [5.41, 5.74) is 2.51. The lowest BCUT2D eigenvalue weighted by Gasteiger charge is -2.23. The van der Waals surface area contributed by atoms with Crippen LogP contribution in [0.15, 0.2) is 18.2 Å². The quantitative estimate of drug-likeness (QED) is 0.846. The minimum atomic E-state index is -0.789. The number of carbonyl (C=O) groups is 1. The van der Waals surface area contributed by atoms with Gasteiger partial charge in [0.05, 0.1) is 29.4 Å². The van der Waals surface area contributed by atoms with Gasteiger partial charge in [0.15, 0.2) is 0 Å². The number of fused-ring (bicyclic) bond motifs is 1. The Morgan fingerprint density at radius 2 is 2.39 bits per heavy atom. The van der Waals surface area contributed by atoms with Crippen LogP contribution in [-0.4, -0.2) is 30.7 Å². The van der Waals surface area contributed by atoms with Crippen molar-refractivity contribution >= 4 is 17.3 Å². The van der Waals surface area contributed by atoms with Gasteiger partial charge in [-0.25, -0.2) is 0 Å². The molecule has 1 aliphatic rings. The van der Waals surface area contributed by atoms with Crippen molar-refractivity contribution in [2.45, 2.75) is 12.8 Å². The molecule has 1 aliphatic heterocycles. The molecule has 18 heavy (non-hydrogen) atoms. The van der Waals surface area contributed by atoms with E-state index in [-0.39, 0.29) is 6.42 Å². The zero-order valence-electron chi connectivity index (χ0n) is 10.0. The number of carboxylic acid groups (broad SMARTS) is 1. The van der Waals surface area contributed by atoms with Crippen LogP contribution in [0, 0.1) is 11.3 Å². The molecular formula is C13H15N3O2. The summed E-state index contributed by atoms with van der Waals surface area (Å²) >= 11 is 0. The van der Waals surface area contributed by atoms with E-state index in [9.17, 15) is 4.79 Å². The largest absolute Gasteiger partial charge is 0.481 e. The molecule has 0 amide bonds.